The molecule has 33 heavy (non-hydrogen) atoms. The minimum Gasteiger partial charge on any atom is -0.507 e. The lowest BCUT2D eigenvalue weighted by Gasteiger charge is -2.55. The number of rotatable bonds is 4. The Labute approximate surface area is 194 Å². The number of fused-ring (bicyclic) bond motifs is 1. The lowest BCUT2D eigenvalue weighted by Crippen LogP contribution is -2.51. The van der Waals surface area contributed by atoms with E-state index >= 15 is 0 Å². The molecule has 4 heteroatoms. The van der Waals surface area contributed by atoms with Crippen LogP contribution in [0.4, 0.5) is 11.4 Å². The average Bonchev–Trinajstić information content (AvgIpc) is 2.80. The van der Waals surface area contributed by atoms with E-state index in [0.29, 0.717) is 5.56 Å². The van der Waals surface area contributed by atoms with Crippen LogP contribution in [0.3, 0.4) is 0 Å². The molecule has 168 valence electrons. The molecule has 4 fully saturated rings. The van der Waals surface area contributed by atoms with E-state index in [1.165, 1.54) is 19.3 Å². The number of amides is 1. The van der Waals surface area contributed by atoms with Gasteiger partial charge in [-0.15, -0.1) is 0 Å². The van der Waals surface area contributed by atoms with E-state index in [1.807, 2.05) is 61.5 Å². The van der Waals surface area contributed by atoms with E-state index < -0.39 is 0 Å². The van der Waals surface area contributed by atoms with Crippen LogP contribution in [0, 0.1) is 30.1 Å². The molecule has 3 aromatic rings. The largest absolute Gasteiger partial charge is 0.507 e. The third kappa shape index (κ3) is 3.62. The molecule has 2 N–H and O–H groups in total. The molecule has 4 saturated carbocycles. The molecule has 0 radical (unpaired) electrons. The highest BCUT2D eigenvalue weighted by molar-refractivity contribution is 5.98. The van der Waals surface area contributed by atoms with E-state index in [1.54, 1.807) is 6.21 Å². The monoisotopic (exact) mass is 438 g/mol. The van der Waals surface area contributed by atoms with E-state index in [9.17, 15) is 9.90 Å². The van der Waals surface area contributed by atoms with Gasteiger partial charge in [0.25, 0.3) is 0 Å². The lowest BCUT2D eigenvalue weighted by molar-refractivity contribution is -0.140. The first-order valence-electron chi connectivity index (χ1n) is 12.2. The van der Waals surface area contributed by atoms with Crippen LogP contribution >= 0.6 is 0 Å². The zero-order valence-electron chi connectivity index (χ0n) is 19.1. The molecule has 4 bridgehead atoms. The number of carbonyl (C=O) groups excluding carboxylic acids is 1. The van der Waals surface area contributed by atoms with Crippen LogP contribution in [0.1, 0.15) is 49.7 Å². The maximum atomic E-state index is 13.5. The number of phenols is 1. The summed E-state index contributed by atoms with van der Waals surface area (Å²) >= 11 is 0. The molecule has 4 aliphatic carbocycles. The van der Waals surface area contributed by atoms with E-state index in [4.69, 9.17) is 0 Å². The summed E-state index contributed by atoms with van der Waals surface area (Å²) in [6.07, 6.45) is 8.86. The van der Waals surface area contributed by atoms with Crippen molar-refractivity contribution in [2.45, 2.75) is 45.4 Å². The van der Waals surface area contributed by atoms with Gasteiger partial charge in [-0.25, -0.2) is 0 Å². The van der Waals surface area contributed by atoms with Crippen molar-refractivity contribution in [3.05, 3.63) is 65.7 Å². The minimum atomic E-state index is -0.169. The van der Waals surface area contributed by atoms with Crippen molar-refractivity contribution >= 4 is 34.3 Å². The summed E-state index contributed by atoms with van der Waals surface area (Å²) < 4.78 is 0. The number of aryl methyl sites for hydroxylation is 1. The fourth-order valence-corrected chi connectivity index (χ4v) is 6.99. The smallest absolute Gasteiger partial charge is 0.230 e. The molecule has 4 aliphatic rings. The molecule has 0 heterocycles. The first-order valence-corrected chi connectivity index (χ1v) is 12.2. The van der Waals surface area contributed by atoms with Gasteiger partial charge in [0, 0.05) is 22.9 Å². The minimum absolute atomic E-state index is 0.169. The standard InChI is InChI=1S/C29H30N2O2/c1-18-6-9-24(30-17-23-8-7-22-4-2-3-5-25(22)27(23)32)13-26(18)31-28(33)29-14-19-10-20(15-29)12-21(11-19)16-29/h2-9,13,17,19-21,32H,10-12,14-16H2,1H3,(H,31,33). The number of nitrogens with zero attached hydrogens (tertiary/aromatic N) is 1. The molecule has 0 spiro atoms. The SMILES string of the molecule is Cc1ccc(N=Cc2ccc3ccccc3c2O)cc1NC(=O)C12CC3CC(CC(C3)C1)C2. The number of hydrogen-bond acceptors (Lipinski definition) is 3. The summed E-state index contributed by atoms with van der Waals surface area (Å²) in [6, 6.07) is 17.5. The van der Waals surface area contributed by atoms with Crippen LogP contribution < -0.4 is 5.32 Å². The van der Waals surface area contributed by atoms with Crippen LogP contribution in [0.25, 0.3) is 10.8 Å². The summed E-state index contributed by atoms with van der Waals surface area (Å²) in [5.41, 5.74) is 3.15. The average molecular weight is 439 g/mol. The van der Waals surface area contributed by atoms with Crippen molar-refractivity contribution in [3.8, 4) is 5.75 Å². The second-order valence-electron chi connectivity index (χ2n) is 10.6. The Morgan fingerprint density at radius 2 is 1.70 bits per heavy atom. The predicted octanol–water partition coefficient (Wildman–Crippen LogP) is 6.76. The van der Waals surface area contributed by atoms with Crippen molar-refractivity contribution in [2.24, 2.45) is 28.2 Å². The molecule has 3 aromatic carbocycles. The van der Waals surface area contributed by atoms with Crippen LogP contribution in [0.2, 0.25) is 0 Å². The van der Waals surface area contributed by atoms with Crippen LogP contribution in [0.15, 0.2) is 59.6 Å². The van der Waals surface area contributed by atoms with Crippen molar-refractivity contribution < 1.29 is 9.90 Å². The molecule has 4 nitrogen and oxygen atoms in total. The van der Waals surface area contributed by atoms with Gasteiger partial charge >= 0.3 is 0 Å². The molecule has 0 aliphatic heterocycles. The van der Waals surface area contributed by atoms with Crippen LogP contribution in [-0.4, -0.2) is 17.2 Å². The summed E-state index contributed by atoms with van der Waals surface area (Å²) in [6.45, 7) is 2.03. The summed E-state index contributed by atoms with van der Waals surface area (Å²) in [7, 11) is 0. The van der Waals surface area contributed by atoms with Gasteiger partial charge in [-0.05, 0) is 92.4 Å². The van der Waals surface area contributed by atoms with Crippen LogP contribution in [0.5, 0.6) is 5.75 Å². The number of benzene rings is 3. The zero-order valence-corrected chi connectivity index (χ0v) is 19.1. The number of nitrogens with one attached hydrogen (secondary N) is 1. The van der Waals surface area contributed by atoms with Gasteiger partial charge in [0.15, 0.2) is 0 Å². The van der Waals surface area contributed by atoms with Gasteiger partial charge in [-0.3, -0.25) is 9.79 Å². The topological polar surface area (TPSA) is 61.7 Å². The first kappa shape index (κ1) is 20.5. The Morgan fingerprint density at radius 3 is 2.42 bits per heavy atom. The Bertz CT molecular complexity index is 1240. The molecule has 0 saturated heterocycles. The predicted molar refractivity (Wildman–Crippen MR) is 133 cm³/mol. The summed E-state index contributed by atoms with van der Waals surface area (Å²) in [4.78, 5) is 18.1. The van der Waals surface area contributed by atoms with E-state index in [2.05, 4.69) is 10.3 Å². The number of aliphatic imine (C=N–C) groups is 1. The second kappa shape index (κ2) is 7.72. The Hall–Kier alpha value is -3.14. The normalized spacial score (nSPS) is 28.0. The summed E-state index contributed by atoms with van der Waals surface area (Å²) in [5, 5.41) is 15.7. The van der Waals surface area contributed by atoms with Crippen molar-refractivity contribution in [1.82, 2.24) is 0 Å². The first-order chi connectivity index (χ1) is 16.0. The highest BCUT2D eigenvalue weighted by Gasteiger charge is 2.54. The van der Waals surface area contributed by atoms with Gasteiger partial charge in [-0.2, -0.15) is 0 Å². The maximum Gasteiger partial charge on any atom is 0.230 e. The number of carbonyl (C=O) groups is 1. The number of phenolic OH excluding ortho intramolecular Hbond substituents is 1. The Balaban J connectivity index is 1.24. The van der Waals surface area contributed by atoms with E-state index in [0.717, 1.165) is 64.7 Å². The Morgan fingerprint density at radius 1 is 1.00 bits per heavy atom. The van der Waals surface area contributed by atoms with Gasteiger partial charge < -0.3 is 10.4 Å². The molecule has 7 rings (SSSR count). The van der Waals surface area contributed by atoms with Crippen LogP contribution in [-0.2, 0) is 4.79 Å². The van der Waals surface area contributed by atoms with Crippen molar-refractivity contribution in [1.29, 1.82) is 0 Å². The van der Waals surface area contributed by atoms with Gasteiger partial charge in [0.05, 0.1) is 11.1 Å². The number of anilines is 1. The highest BCUT2D eigenvalue weighted by atomic mass is 16.3. The van der Waals surface area contributed by atoms with Gasteiger partial charge in [0.2, 0.25) is 5.91 Å². The third-order valence-electron chi connectivity index (χ3n) is 8.27. The molecular weight excluding hydrogens is 408 g/mol. The van der Waals surface area contributed by atoms with E-state index in [-0.39, 0.29) is 17.1 Å². The number of hydrogen-bond donors (Lipinski definition) is 2. The fraction of sp³-hybridized carbons (Fsp3) is 0.379. The molecule has 0 aromatic heterocycles. The Kier molecular flexibility index (Phi) is 4.79. The quantitative estimate of drug-likeness (QED) is 0.442. The fourth-order valence-electron chi connectivity index (χ4n) is 6.99. The summed E-state index contributed by atoms with van der Waals surface area (Å²) in [5.74, 6) is 2.67. The van der Waals surface area contributed by atoms with Gasteiger partial charge in [0.1, 0.15) is 5.75 Å². The third-order valence-corrected chi connectivity index (χ3v) is 8.27. The molecule has 0 atom stereocenters. The van der Waals surface area contributed by atoms with Gasteiger partial charge in [-0.1, -0.05) is 36.4 Å². The maximum absolute atomic E-state index is 13.5. The molecular formula is C29H30N2O2. The number of aromatic hydroxyl groups is 1. The zero-order chi connectivity index (χ0) is 22.6. The van der Waals surface area contributed by atoms with Crippen molar-refractivity contribution in [2.75, 3.05) is 5.32 Å². The lowest BCUT2D eigenvalue weighted by atomic mass is 9.49. The van der Waals surface area contributed by atoms with Crippen molar-refractivity contribution in [3.63, 3.8) is 0 Å². The molecule has 0 unspecified atom stereocenters. The second-order valence-corrected chi connectivity index (χ2v) is 10.6. The molecule has 1 amide bonds. The highest BCUT2D eigenvalue weighted by Crippen LogP contribution is 2.60.